The van der Waals surface area contributed by atoms with Gasteiger partial charge in [0.15, 0.2) is 10.7 Å². The number of aromatic nitrogens is 2. The molecule has 134 valence electrons. The zero-order chi connectivity index (χ0) is 18.5. The van der Waals surface area contributed by atoms with Gasteiger partial charge >= 0.3 is 0 Å². The summed E-state index contributed by atoms with van der Waals surface area (Å²) < 4.78 is 23.9. The number of H-pyrrole nitrogens is 1. The molecule has 0 spiro atoms. The van der Waals surface area contributed by atoms with E-state index in [2.05, 4.69) is 20.0 Å². The molecule has 0 fully saturated rings. The molecule has 0 saturated carbocycles. The maximum absolute atomic E-state index is 11.9. The lowest BCUT2D eigenvalue weighted by atomic mass is 10.0. The van der Waals surface area contributed by atoms with Gasteiger partial charge in [0.05, 0.1) is 11.0 Å². The fraction of sp³-hybridized carbons (Fsp3) is 0.278. The molecule has 0 radical (unpaired) electrons. The highest BCUT2D eigenvalue weighted by Gasteiger charge is 2.18. The lowest BCUT2D eigenvalue weighted by Gasteiger charge is -2.12. The Kier molecular flexibility index (Phi) is 5.55. The van der Waals surface area contributed by atoms with Crippen molar-refractivity contribution in [1.82, 2.24) is 9.97 Å². The van der Waals surface area contributed by atoms with E-state index in [1.54, 1.807) is 0 Å². The third-order valence-corrected chi connectivity index (χ3v) is 5.29. The number of hydrogen-bond donors (Lipinski definition) is 2. The fourth-order valence-electron chi connectivity index (χ4n) is 2.94. The first kappa shape index (κ1) is 18.0. The molecule has 1 N–H and O–H groups in total. The highest BCUT2D eigenvalue weighted by molar-refractivity contribution is 7.73. The predicted molar refractivity (Wildman–Crippen MR) is 102 cm³/mol. The van der Waals surface area contributed by atoms with Gasteiger partial charge < -0.3 is 4.98 Å². The van der Waals surface area contributed by atoms with Gasteiger partial charge in [-0.2, -0.15) is 0 Å². The molecular formula is C18H19N5O2S. The fourth-order valence-corrected chi connectivity index (χ4v) is 3.76. The molecule has 0 aliphatic heterocycles. The van der Waals surface area contributed by atoms with Crippen molar-refractivity contribution >= 4 is 21.7 Å². The van der Waals surface area contributed by atoms with Crippen molar-refractivity contribution in [3.8, 4) is 0 Å². The van der Waals surface area contributed by atoms with Crippen molar-refractivity contribution in [3.63, 3.8) is 0 Å². The van der Waals surface area contributed by atoms with Crippen LogP contribution in [-0.2, 0) is 23.5 Å². The first-order valence-electron chi connectivity index (χ1n) is 8.34. The van der Waals surface area contributed by atoms with Crippen LogP contribution in [0.25, 0.3) is 21.5 Å². The van der Waals surface area contributed by atoms with Gasteiger partial charge in [-0.1, -0.05) is 42.4 Å². The summed E-state index contributed by atoms with van der Waals surface area (Å²) in [6.45, 7) is 2.39. The van der Waals surface area contributed by atoms with Gasteiger partial charge in [-0.05, 0) is 40.8 Å². The first-order valence-corrected chi connectivity index (χ1v) is 9.58. The van der Waals surface area contributed by atoms with Crippen LogP contribution >= 0.6 is 0 Å². The predicted octanol–water partition coefficient (Wildman–Crippen LogP) is 3.68. The first-order chi connectivity index (χ1) is 12.6. The van der Waals surface area contributed by atoms with Crippen molar-refractivity contribution in [3.05, 3.63) is 75.4 Å². The van der Waals surface area contributed by atoms with Crippen molar-refractivity contribution in [1.29, 1.82) is 0 Å². The van der Waals surface area contributed by atoms with E-state index in [4.69, 9.17) is 5.53 Å². The Bertz CT molecular complexity index is 1030. The SMILES string of the molecule is CCc1nc2cc(C(c3ccc(CCN=[N+]=[N-])cc3)[SH](=O)=O)ccc2[nH]1. The minimum absolute atomic E-state index is 0.380. The third-order valence-electron chi connectivity index (χ3n) is 4.28. The second kappa shape index (κ2) is 8.03. The molecule has 1 atom stereocenters. The molecule has 0 saturated heterocycles. The number of hydrogen-bond acceptors (Lipinski definition) is 4. The second-order valence-corrected chi connectivity index (χ2v) is 7.03. The van der Waals surface area contributed by atoms with Gasteiger partial charge in [0.25, 0.3) is 0 Å². The minimum Gasteiger partial charge on any atom is -0.342 e. The number of thiol groups is 1. The Morgan fingerprint density at radius 2 is 1.92 bits per heavy atom. The standard InChI is InChI=1S/C18H19N5O2S/c1-2-17-21-15-8-7-14(11-16(15)22-17)18(26(24)25)13-5-3-12(4-6-13)9-10-20-23-19/h3-8,11,18,26H,2,9-10H2,1H3,(H,21,22). The topological polar surface area (TPSA) is 112 Å². The van der Waals surface area contributed by atoms with E-state index in [0.29, 0.717) is 24.1 Å². The number of benzene rings is 2. The maximum atomic E-state index is 11.9. The van der Waals surface area contributed by atoms with Crippen molar-refractivity contribution in [2.75, 3.05) is 6.54 Å². The summed E-state index contributed by atoms with van der Waals surface area (Å²) in [4.78, 5) is 10.4. The summed E-state index contributed by atoms with van der Waals surface area (Å²) in [5.74, 6) is 0.879. The molecule has 1 aromatic heterocycles. The van der Waals surface area contributed by atoms with Gasteiger partial charge in [-0.25, -0.2) is 13.4 Å². The van der Waals surface area contributed by atoms with E-state index in [1.807, 2.05) is 49.4 Å². The molecule has 1 unspecified atom stereocenters. The zero-order valence-electron chi connectivity index (χ0n) is 14.3. The van der Waals surface area contributed by atoms with E-state index in [0.717, 1.165) is 28.8 Å². The van der Waals surface area contributed by atoms with E-state index in [-0.39, 0.29) is 0 Å². The molecule has 0 amide bonds. The van der Waals surface area contributed by atoms with Crippen LogP contribution in [0.3, 0.4) is 0 Å². The molecule has 3 rings (SSSR count). The van der Waals surface area contributed by atoms with Crippen molar-refractivity contribution in [2.45, 2.75) is 25.0 Å². The number of aromatic amines is 1. The molecule has 1 heterocycles. The van der Waals surface area contributed by atoms with Crippen LogP contribution in [0.4, 0.5) is 0 Å². The van der Waals surface area contributed by atoms with E-state index < -0.39 is 16.0 Å². The average molecular weight is 369 g/mol. The molecule has 0 aliphatic rings. The molecule has 7 nitrogen and oxygen atoms in total. The van der Waals surface area contributed by atoms with Crippen LogP contribution in [-0.4, -0.2) is 24.9 Å². The number of rotatable bonds is 7. The Labute approximate surface area is 152 Å². The van der Waals surface area contributed by atoms with Crippen molar-refractivity contribution < 1.29 is 8.42 Å². The maximum Gasteiger partial charge on any atom is 0.151 e. The van der Waals surface area contributed by atoms with Crippen LogP contribution in [0.1, 0.15) is 34.7 Å². The van der Waals surface area contributed by atoms with Crippen LogP contribution in [0.15, 0.2) is 47.6 Å². The largest absolute Gasteiger partial charge is 0.342 e. The van der Waals surface area contributed by atoms with E-state index in [1.165, 1.54) is 0 Å². The Morgan fingerprint density at radius 1 is 1.19 bits per heavy atom. The lowest BCUT2D eigenvalue weighted by Crippen LogP contribution is -2.03. The quantitative estimate of drug-likeness (QED) is 0.287. The third kappa shape index (κ3) is 3.87. The summed E-state index contributed by atoms with van der Waals surface area (Å²) in [7, 11) is -2.70. The lowest BCUT2D eigenvalue weighted by molar-refractivity contribution is 0.608. The van der Waals surface area contributed by atoms with Gasteiger partial charge in [0, 0.05) is 17.9 Å². The van der Waals surface area contributed by atoms with Gasteiger partial charge in [0.2, 0.25) is 0 Å². The molecular weight excluding hydrogens is 350 g/mol. The summed E-state index contributed by atoms with van der Waals surface area (Å²) in [5.41, 5.74) is 12.4. The van der Waals surface area contributed by atoms with Crippen LogP contribution in [0, 0.1) is 0 Å². The van der Waals surface area contributed by atoms with Crippen LogP contribution in [0.2, 0.25) is 0 Å². The second-order valence-electron chi connectivity index (χ2n) is 5.95. The van der Waals surface area contributed by atoms with Gasteiger partial charge in [-0.3, -0.25) is 0 Å². The average Bonchev–Trinajstić information content (AvgIpc) is 3.06. The number of nitrogens with one attached hydrogen (secondary N) is 1. The summed E-state index contributed by atoms with van der Waals surface area (Å²) >= 11 is 0. The number of nitrogens with zero attached hydrogens (tertiary/aromatic N) is 4. The molecule has 2 aromatic carbocycles. The normalized spacial score (nSPS) is 12.2. The van der Waals surface area contributed by atoms with Gasteiger partial charge in [0.1, 0.15) is 11.1 Å². The summed E-state index contributed by atoms with van der Waals surface area (Å²) in [5, 5.41) is 2.79. The summed E-state index contributed by atoms with van der Waals surface area (Å²) in [6.07, 6.45) is 1.41. The van der Waals surface area contributed by atoms with E-state index >= 15 is 0 Å². The monoisotopic (exact) mass is 369 g/mol. The Balaban J connectivity index is 1.92. The Morgan fingerprint density at radius 3 is 2.58 bits per heavy atom. The number of aryl methyl sites for hydroxylation is 1. The minimum atomic E-state index is -2.70. The Hall–Kier alpha value is -2.83. The molecule has 0 aliphatic carbocycles. The molecule has 8 heteroatoms. The van der Waals surface area contributed by atoms with E-state index in [9.17, 15) is 8.42 Å². The number of fused-ring (bicyclic) bond motifs is 1. The van der Waals surface area contributed by atoms with Crippen LogP contribution in [0.5, 0.6) is 0 Å². The highest BCUT2D eigenvalue weighted by atomic mass is 32.2. The molecule has 3 aromatic rings. The zero-order valence-corrected chi connectivity index (χ0v) is 15.2. The van der Waals surface area contributed by atoms with Crippen molar-refractivity contribution in [2.24, 2.45) is 5.11 Å². The summed E-state index contributed by atoms with van der Waals surface area (Å²) in [6, 6.07) is 12.9. The number of azide groups is 1. The smallest absolute Gasteiger partial charge is 0.151 e. The highest BCUT2D eigenvalue weighted by Crippen LogP contribution is 2.28. The molecule has 26 heavy (non-hydrogen) atoms. The number of imidazole rings is 1. The molecule has 0 bridgehead atoms. The van der Waals surface area contributed by atoms with Gasteiger partial charge in [-0.15, -0.1) is 0 Å². The van der Waals surface area contributed by atoms with Crippen LogP contribution < -0.4 is 0 Å².